The lowest BCUT2D eigenvalue weighted by Gasteiger charge is -2.11. The Kier molecular flexibility index (Phi) is 5.52. The minimum absolute atomic E-state index is 0.302. The summed E-state index contributed by atoms with van der Waals surface area (Å²) in [7, 11) is 1.47. The zero-order valence-corrected chi connectivity index (χ0v) is 15.0. The summed E-state index contributed by atoms with van der Waals surface area (Å²) in [5.74, 6) is -0.406. The first-order chi connectivity index (χ1) is 13.0. The molecular formula is C19H15ClFN3O3. The number of ether oxygens (including phenoxy) is 1. The van der Waals surface area contributed by atoms with Crippen LogP contribution in [-0.4, -0.2) is 22.8 Å². The van der Waals surface area contributed by atoms with Crippen LogP contribution in [0.4, 0.5) is 10.1 Å². The molecule has 0 unspecified atom stereocenters. The molecule has 8 heteroatoms. The van der Waals surface area contributed by atoms with Gasteiger partial charge in [-0.15, -0.1) is 0 Å². The van der Waals surface area contributed by atoms with Gasteiger partial charge in [-0.1, -0.05) is 11.6 Å². The molecule has 6 nitrogen and oxygen atoms in total. The van der Waals surface area contributed by atoms with E-state index in [0.717, 1.165) is 4.68 Å². The van der Waals surface area contributed by atoms with Crippen LogP contribution in [0, 0.1) is 5.82 Å². The number of nitrogens with one attached hydrogen (secondary N) is 1. The molecule has 1 amide bonds. The van der Waals surface area contributed by atoms with Crippen molar-refractivity contribution in [3.63, 3.8) is 0 Å². The number of carbonyl (C=O) groups excluding carboxylic acids is 1. The Balaban J connectivity index is 1.82. The van der Waals surface area contributed by atoms with Crippen molar-refractivity contribution in [2.75, 3.05) is 12.4 Å². The molecule has 0 saturated carbocycles. The Bertz CT molecular complexity index is 1040. The largest absolute Gasteiger partial charge is 0.495 e. The van der Waals surface area contributed by atoms with Gasteiger partial charge in [0.1, 0.15) is 18.1 Å². The Hall–Kier alpha value is -3.19. The lowest BCUT2D eigenvalue weighted by Crippen LogP contribution is -2.29. The zero-order chi connectivity index (χ0) is 19.4. The summed E-state index contributed by atoms with van der Waals surface area (Å²) in [6.45, 7) is -0.302. The van der Waals surface area contributed by atoms with E-state index in [1.807, 2.05) is 0 Å². The standard InChI is InChI=1S/C19H15ClFN3O3/c1-27-17-8-4-13(20)10-16(17)22-18(25)11-24-19(26)9-7-15(23-24)12-2-5-14(21)6-3-12/h2-10H,11H2,1H3,(H,22,25). The molecule has 0 fully saturated rings. The van der Waals surface area contributed by atoms with Crippen LogP contribution < -0.4 is 15.6 Å². The van der Waals surface area contributed by atoms with Crippen LogP contribution in [0.15, 0.2) is 59.4 Å². The van der Waals surface area contributed by atoms with E-state index in [9.17, 15) is 14.0 Å². The first kappa shape index (κ1) is 18.6. The van der Waals surface area contributed by atoms with E-state index < -0.39 is 11.5 Å². The predicted octanol–water partition coefficient (Wildman–Crippen LogP) is 3.35. The minimum Gasteiger partial charge on any atom is -0.495 e. The Morgan fingerprint density at radius 1 is 1.19 bits per heavy atom. The number of hydrogen-bond donors (Lipinski definition) is 1. The van der Waals surface area contributed by atoms with Crippen LogP contribution in [-0.2, 0) is 11.3 Å². The number of methoxy groups -OCH3 is 1. The number of rotatable bonds is 5. The van der Waals surface area contributed by atoms with Crippen LogP contribution in [0.3, 0.4) is 0 Å². The quantitative estimate of drug-likeness (QED) is 0.728. The lowest BCUT2D eigenvalue weighted by molar-refractivity contribution is -0.117. The Labute approximate surface area is 159 Å². The molecule has 0 aliphatic rings. The van der Waals surface area contributed by atoms with Gasteiger partial charge in [0.25, 0.3) is 5.56 Å². The number of nitrogens with zero attached hydrogens (tertiary/aromatic N) is 2. The highest BCUT2D eigenvalue weighted by atomic mass is 35.5. The van der Waals surface area contributed by atoms with Crippen molar-refractivity contribution in [1.29, 1.82) is 0 Å². The smallest absolute Gasteiger partial charge is 0.267 e. The molecule has 2 aromatic carbocycles. The molecule has 0 radical (unpaired) electrons. The van der Waals surface area contributed by atoms with E-state index in [1.165, 1.54) is 31.4 Å². The first-order valence-electron chi connectivity index (χ1n) is 7.94. The normalized spacial score (nSPS) is 10.5. The molecule has 0 saturated heterocycles. The van der Waals surface area contributed by atoms with Crippen LogP contribution >= 0.6 is 11.6 Å². The summed E-state index contributed by atoms with van der Waals surface area (Å²) in [6, 6.07) is 13.3. The minimum atomic E-state index is -0.471. The van der Waals surface area contributed by atoms with E-state index in [1.54, 1.807) is 30.3 Å². The fourth-order valence-electron chi connectivity index (χ4n) is 2.44. The van der Waals surface area contributed by atoms with Crippen molar-refractivity contribution in [2.24, 2.45) is 0 Å². The van der Waals surface area contributed by atoms with Gasteiger partial charge in [0, 0.05) is 16.7 Å². The molecule has 138 valence electrons. The molecule has 0 bridgehead atoms. The van der Waals surface area contributed by atoms with Gasteiger partial charge in [0.05, 0.1) is 18.5 Å². The SMILES string of the molecule is COc1ccc(Cl)cc1NC(=O)Cn1nc(-c2ccc(F)cc2)ccc1=O. The highest BCUT2D eigenvalue weighted by molar-refractivity contribution is 6.31. The molecule has 0 spiro atoms. The molecular weight excluding hydrogens is 373 g/mol. The fraction of sp³-hybridized carbons (Fsp3) is 0.105. The summed E-state index contributed by atoms with van der Waals surface area (Å²) in [5, 5.41) is 7.25. The third-order valence-electron chi connectivity index (χ3n) is 3.74. The van der Waals surface area contributed by atoms with Crippen LogP contribution in [0.1, 0.15) is 0 Å². The number of carbonyl (C=O) groups is 1. The van der Waals surface area contributed by atoms with E-state index >= 15 is 0 Å². The van der Waals surface area contributed by atoms with Crippen LogP contribution in [0.5, 0.6) is 5.75 Å². The lowest BCUT2D eigenvalue weighted by atomic mass is 10.1. The second-order valence-corrected chi connectivity index (χ2v) is 6.05. The van der Waals surface area contributed by atoms with Gasteiger partial charge in [-0.25, -0.2) is 9.07 Å². The highest BCUT2D eigenvalue weighted by Gasteiger charge is 2.11. The molecule has 1 N–H and O–H groups in total. The second kappa shape index (κ2) is 8.01. The molecule has 0 aliphatic heterocycles. The zero-order valence-electron chi connectivity index (χ0n) is 14.3. The second-order valence-electron chi connectivity index (χ2n) is 5.61. The molecule has 27 heavy (non-hydrogen) atoms. The fourth-order valence-corrected chi connectivity index (χ4v) is 2.61. The maximum absolute atomic E-state index is 13.1. The van der Waals surface area contributed by atoms with Crippen molar-refractivity contribution in [1.82, 2.24) is 9.78 Å². The third-order valence-corrected chi connectivity index (χ3v) is 3.97. The van der Waals surface area contributed by atoms with Gasteiger partial charge in [-0.2, -0.15) is 5.10 Å². The van der Waals surface area contributed by atoms with Crippen molar-refractivity contribution in [2.45, 2.75) is 6.54 Å². The van der Waals surface area contributed by atoms with Gasteiger partial charge < -0.3 is 10.1 Å². The number of benzene rings is 2. The van der Waals surface area contributed by atoms with Crippen LogP contribution in [0.2, 0.25) is 5.02 Å². The maximum Gasteiger partial charge on any atom is 0.267 e. The summed E-state index contributed by atoms with van der Waals surface area (Å²) < 4.78 is 19.3. The summed E-state index contributed by atoms with van der Waals surface area (Å²) in [5.41, 5.74) is 1.02. The monoisotopic (exact) mass is 387 g/mol. The summed E-state index contributed by atoms with van der Waals surface area (Å²) in [4.78, 5) is 24.4. The average molecular weight is 388 g/mol. The Morgan fingerprint density at radius 3 is 2.63 bits per heavy atom. The molecule has 1 aromatic heterocycles. The Morgan fingerprint density at radius 2 is 1.93 bits per heavy atom. The highest BCUT2D eigenvalue weighted by Crippen LogP contribution is 2.27. The summed E-state index contributed by atoms with van der Waals surface area (Å²) >= 11 is 5.94. The number of halogens is 2. The van der Waals surface area contributed by atoms with Crippen molar-refractivity contribution >= 4 is 23.2 Å². The van der Waals surface area contributed by atoms with Gasteiger partial charge in [-0.3, -0.25) is 9.59 Å². The van der Waals surface area contributed by atoms with Crippen molar-refractivity contribution < 1.29 is 13.9 Å². The number of amides is 1. The van der Waals surface area contributed by atoms with Gasteiger partial charge >= 0.3 is 0 Å². The van der Waals surface area contributed by atoms with Gasteiger partial charge in [0.2, 0.25) is 5.91 Å². The average Bonchev–Trinajstić information content (AvgIpc) is 2.64. The number of aromatic nitrogens is 2. The number of hydrogen-bond acceptors (Lipinski definition) is 4. The molecule has 3 rings (SSSR count). The third kappa shape index (κ3) is 4.51. The van der Waals surface area contributed by atoms with Gasteiger partial charge in [0.15, 0.2) is 0 Å². The molecule has 1 heterocycles. The first-order valence-corrected chi connectivity index (χ1v) is 8.31. The van der Waals surface area contributed by atoms with E-state index in [4.69, 9.17) is 16.3 Å². The van der Waals surface area contributed by atoms with E-state index in [-0.39, 0.29) is 12.4 Å². The van der Waals surface area contributed by atoms with Crippen LogP contribution in [0.25, 0.3) is 11.3 Å². The van der Waals surface area contributed by atoms with E-state index in [0.29, 0.717) is 27.7 Å². The molecule has 0 aliphatic carbocycles. The maximum atomic E-state index is 13.1. The molecule has 3 aromatic rings. The molecule has 0 atom stereocenters. The predicted molar refractivity (Wildman–Crippen MR) is 101 cm³/mol. The van der Waals surface area contributed by atoms with Gasteiger partial charge in [-0.05, 0) is 48.5 Å². The topological polar surface area (TPSA) is 73.2 Å². The van der Waals surface area contributed by atoms with E-state index in [2.05, 4.69) is 10.4 Å². The number of anilines is 1. The summed E-state index contributed by atoms with van der Waals surface area (Å²) in [6.07, 6.45) is 0. The van der Waals surface area contributed by atoms with Crippen molar-refractivity contribution in [3.8, 4) is 17.0 Å². The van der Waals surface area contributed by atoms with Crippen molar-refractivity contribution in [3.05, 3.63) is 75.8 Å².